The van der Waals surface area contributed by atoms with Gasteiger partial charge in [0, 0.05) is 44.9 Å². The van der Waals surface area contributed by atoms with Crippen molar-refractivity contribution in [2.24, 2.45) is 13.0 Å². The second-order valence-electron chi connectivity index (χ2n) is 10.1. The summed E-state index contributed by atoms with van der Waals surface area (Å²) in [6.07, 6.45) is 15.9. The van der Waals surface area contributed by atoms with Crippen molar-refractivity contribution in [1.82, 2.24) is 34.5 Å². The van der Waals surface area contributed by atoms with Gasteiger partial charge in [-0.3, -0.25) is 4.90 Å². The lowest BCUT2D eigenvalue weighted by Crippen LogP contribution is -2.27. The lowest BCUT2D eigenvalue weighted by Gasteiger charge is -2.21. The zero-order chi connectivity index (χ0) is 25.9. The molecule has 1 aromatic carbocycles. The molecule has 1 fully saturated rings. The van der Waals surface area contributed by atoms with Crippen LogP contribution >= 0.6 is 0 Å². The molecule has 0 radical (unpaired) electrons. The van der Waals surface area contributed by atoms with E-state index in [1.165, 1.54) is 32.1 Å². The third-order valence-corrected chi connectivity index (χ3v) is 8.56. The first-order chi connectivity index (χ1) is 18.0. The van der Waals surface area contributed by atoms with E-state index in [1.807, 2.05) is 36.1 Å². The van der Waals surface area contributed by atoms with Gasteiger partial charge in [-0.05, 0) is 62.4 Å². The molecule has 2 heterocycles. The molecule has 0 saturated heterocycles. The number of nitrogens with zero attached hydrogens (tertiary/aromatic N) is 4. The quantitative estimate of drug-likeness (QED) is 0.261. The van der Waals surface area contributed by atoms with Crippen molar-refractivity contribution in [3.05, 3.63) is 66.3 Å². The molecule has 0 spiro atoms. The second kappa shape index (κ2) is 13.9. The zero-order valence-corrected chi connectivity index (χ0v) is 22.7. The number of aryl methyl sites for hydroxylation is 1. The Hall–Kier alpha value is -2.53. The van der Waals surface area contributed by atoms with Crippen LogP contribution in [0.2, 0.25) is 0 Å². The Morgan fingerprint density at radius 3 is 2.49 bits per heavy atom. The van der Waals surface area contributed by atoms with E-state index in [0.29, 0.717) is 31.1 Å². The molecule has 202 valence electrons. The zero-order valence-electron chi connectivity index (χ0n) is 21.9. The molecular weight excluding hydrogens is 486 g/mol. The van der Waals surface area contributed by atoms with E-state index in [2.05, 4.69) is 29.9 Å². The summed E-state index contributed by atoms with van der Waals surface area (Å²) in [6.45, 7) is 4.43. The normalized spacial score (nSPS) is 15.0. The number of aromatic amines is 1. The predicted octanol–water partition coefficient (Wildman–Crippen LogP) is 3.57. The topological polar surface area (TPSA) is 108 Å². The van der Waals surface area contributed by atoms with Gasteiger partial charge in [-0.15, -0.1) is 0 Å². The number of imidazole rings is 2. The average Bonchev–Trinajstić information content (AvgIpc) is 3.56. The Bertz CT molecular complexity index is 1150. The Morgan fingerprint density at radius 2 is 1.78 bits per heavy atom. The largest absolute Gasteiger partial charge is 0.348 e. The standard InChI is InChI=1S/C27H41N7O2S/c1-33-18-17-31-27(33)22-34(21-26-29-15-16-30-26)20-24-9-11-25(12-10-24)37(35,36)32-14-6-5-13-28-19-23-7-3-2-4-8-23/h9-12,15-18,23,28,32H,2-8,13-14,19-22H2,1H3,(H,29,30). The number of rotatable bonds is 15. The average molecular weight is 528 g/mol. The molecule has 3 aromatic rings. The van der Waals surface area contributed by atoms with Crippen molar-refractivity contribution in [3.63, 3.8) is 0 Å². The number of unbranched alkanes of at least 4 members (excludes halogenated alkanes) is 1. The highest BCUT2D eigenvalue weighted by Gasteiger charge is 2.16. The lowest BCUT2D eigenvalue weighted by atomic mass is 9.89. The van der Waals surface area contributed by atoms with Crippen LogP contribution in [0, 0.1) is 5.92 Å². The van der Waals surface area contributed by atoms with Crippen molar-refractivity contribution >= 4 is 10.0 Å². The van der Waals surface area contributed by atoms with Crippen LogP contribution in [0.4, 0.5) is 0 Å². The maximum absolute atomic E-state index is 12.8. The second-order valence-corrected chi connectivity index (χ2v) is 11.9. The summed E-state index contributed by atoms with van der Waals surface area (Å²) >= 11 is 0. The summed E-state index contributed by atoms with van der Waals surface area (Å²) in [5.74, 6) is 2.66. The summed E-state index contributed by atoms with van der Waals surface area (Å²) in [4.78, 5) is 14.5. The fraction of sp³-hybridized carbons (Fsp3) is 0.556. The van der Waals surface area contributed by atoms with Gasteiger partial charge in [0.25, 0.3) is 0 Å². The molecule has 0 bridgehead atoms. The number of nitrogens with one attached hydrogen (secondary N) is 3. The van der Waals surface area contributed by atoms with E-state index in [1.54, 1.807) is 24.5 Å². The summed E-state index contributed by atoms with van der Waals surface area (Å²) in [5.41, 5.74) is 1.03. The third kappa shape index (κ3) is 8.77. The summed E-state index contributed by atoms with van der Waals surface area (Å²) < 4.78 is 30.3. The highest BCUT2D eigenvalue weighted by molar-refractivity contribution is 7.89. The van der Waals surface area contributed by atoms with Gasteiger partial charge < -0.3 is 14.9 Å². The van der Waals surface area contributed by atoms with Gasteiger partial charge in [0.1, 0.15) is 11.6 Å². The SMILES string of the molecule is Cn1ccnc1CN(Cc1ccc(S(=O)(=O)NCCCCNCC2CCCCC2)cc1)Cc1ncc[nH]1. The molecule has 1 aliphatic carbocycles. The maximum atomic E-state index is 12.8. The van der Waals surface area contributed by atoms with Crippen molar-refractivity contribution in [2.45, 2.75) is 69.5 Å². The molecule has 0 amide bonds. The van der Waals surface area contributed by atoms with Crippen LogP contribution in [0.25, 0.3) is 0 Å². The minimum Gasteiger partial charge on any atom is -0.348 e. The van der Waals surface area contributed by atoms with Gasteiger partial charge in [-0.25, -0.2) is 23.1 Å². The molecule has 10 heteroatoms. The Labute approximate surface area is 221 Å². The van der Waals surface area contributed by atoms with E-state index in [0.717, 1.165) is 49.1 Å². The predicted molar refractivity (Wildman–Crippen MR) is 145 cm³/mol. The van der Waals surface area contributed by atoms with Gasteiger partial charge in [-0.2, -0.15) is 0 Å². The minimum absolute atomic E-state index is 0.299. The number of H-pyrrole nitrogens is 1. The molecule has 37 heavy (non-hydrogen) atoms. The summed E-state index contributed by atoms with van der Waals surface area (Å²) in [7, 11) is -1.54. The molecule has 0 atom stereocenters. The van der Waals surface area contributed by atoms with Crippen molar-refractivity contribution in [2.75, 3.05) is 19.6 Å². The molecule has 0 unspecified atom stereocenters. The molecule has 3 N–H and O–H groups in total. The Morgan fingerprint density at radius 1 is 1.00 bits per heavy atom. The fourth-order valence-electron chi connectivity index (χ4n) is 4.91. The molecule has 4 rings (SSSR count). The van der Waals surface area contributed by atoms with Crippen LogP contribution in [0.15, 0.2) is 53.9 Å². The first-order valence-corrected chi connectivity index (χ1v) is 14.9. The van der Waals surface area contributed by atoms with Gasteiger partial charge in [0.2, 0.25) is 10.0 Å². The van der Waals surface area contributed by atoms with Gasteiger partial charge >= 0.3 is 0 Å². The number of aromatic nitrogens is 4. The van der Waals surface area contributed by atoms with E-state index in [9.17, 15) is 8.42 Å². The van der Waals surface area contributed by atoms with E-state index in [-0.39, 0.29) is 0 Å². The van der Waals surface area contributed by atoms with Crippen LogP contribution in [0.1, 0.15) is 62.2 Å². The molecule has 2 aromatic heterocycles. The van der Waals surface area contributed by atoms with Crippen LogP contribution in [0.5, 0.6) is 0 Å². The monoisotopic (exact) mass is 527 g/mol. The van der Waals surface area contributed by atoms with E-state index < -0.39 is 10.0 Å². The van der Waals surface area contributed by atoms with E-state index in [4.69, 9.17) is 0 Å². The summed E-state index contributed by atoms with van der Waals surface area (Å²) in [6, 6.07) is 7.15. The molecule has 9 nitrogen and oxygen atoms in total. The Kier molecular flexibility index (Phi) is 10.3. The van der Waals surface area contributed by atoms with Crippen LogP contribution in [-0.4, -0.2) is 52.5 Å². The minimum atomic E-state index is -3.52. The third-order valence-electron chi connectivity index (χ3n) is 7.08. The van der Waals surface area contributed by atoms with E-state index >= 15 is 0 Å². The number of benzene rings is 1. The highest BCUT2D eigenvalue weighted by atomic mass is 32.2. The van der Waals surface area contributed by atoms with Gasteiger partial charge in [-0.1, -0.05) is 31.4 Å². The molecule has 0 aliphatic heterocycles. The smallest absolute Gasteiger partial charge is 0.240 e. The fourth-order valence-corrected chi connectivity index (χ4v) is 5.98. The van der Waals surface area contributed by atoms with Gasteiger partial charge in [0.05, 0.1) is 18.0 Å². The van der Waals surface area contributed by atoms with Crippen molar-refractivity contribution in [1.29, 1.82) is 0 Å². The lowest BCUT2D eigenvalue weighted by molar-refractivity contribution is 0.233. The number of hydrogen-bond acceptors (Lipinski definition) is 6. The van der Waals surface area contributed by atoms with Crippen LogP contribution in [0.3, 0.4) is 0 Å². The van der Waals surface area contributed by atoms with Gasteiger partial charge in [0.15, 0.2) is 0 Å². The highest BCUT2D eigenvalue weighted by Crippen LogP contribution is 2.22. The number of sulfonamides is 1. The molecule has 1 saturated carbocycles. The van der Waals surface area contributed by atoms with Crippen molar-refractivity contribution in [3.8, 4) is 0 Å². The maximum Gasteiger partial charge on any atom is 0.240 e. The van der Waals surface area contributed by atoms with Crippen molar-refractivity contribution < 1.29 is 8.42 Å². The first kappa shape index (κ1) is 27.5. The summed E-state index contributed by atoms with van der Waals surface area (Å²) in [5, 5.41) is 3.54. The van der Waals surface area contributed by atoms with Crippen LogP contribution < -0.4 is 10.0 Å². The number of hydrogen-bond donors (Lipinski definition) is 3. The first-order valence-electron chi connectivity index (χ1n) is 13.5. The Balaban J connectivity index is 1.23. The molecule has 1 aliphatic rings. The molecular formula is C27H41N7O2S. The van der Waals surface area contributed by atoms with Crippen LogP contribution in [-0.2, 0) is 36.7 Å².